The van der Waals surface area contributed by atoms with Gasteiger partial charge in [0.05, 0.1) is 11.8 Å². The van der Waals surface area contributed by atoms with E-state index in [-0.39, 0.29) is 0 Å². The standard InChI is InChI=1S/C11H13I2NO/c1-2-3-4-10(15)11-8(13)5-6-14-9(11)7-12/h2,5-6,10,15H,1,3-4,7H2. The van der Waals surface area contributed by atoms with Crippen molar-refractivity contribution in [1.29, 1.82) is 0 Å². The van der Waals surface area contributed by atoms with Crippen LogP contribution in [0.25, 0.3) is 0 Å². The van der Waals surface area contributed by atoms with E-state index in [4.69, 9.17) is 0 Å². The van der Waals surface area contributed by atoms with Crippen molar-refractivity contribution in [2.75, 3.05) is 0 Å². The van der Waals surface area contributed by atoms with Crippen LogP contribution in [-0.2, 0) is 4.43 Å². The minimum Gasteiger partial charge on any atom is -0.388 e. The van der Waals surface area contributed by atoms with E-state index in [1.54, 1.807) is 6.20 Å². The second kappa shape index (κ2) is 6.80. The van der Waals surface area contributed by atoms with Crippen molar-refractivity contribution in [2.45, 2.75) is 23.4 Å². The fraction of sp³-hybridized carbons (Fsp3) is 0.364. The molecule has 15 heavy (non-hydrogen) atoms. The molecule has 0 aromatic carbocycles. The molecule has 0 bridgehead atoms. The number of allylic oxidation sites excluding steroid dienone is 1. The lowest BCUT2D eigenvalue weighted by molar-refractivity contribution is 0.166. The summed E-state index contributed by atoms with van der Waals surface area (Å²) < 4.78 is 1.92. The summed E-state index contributed by atoms with van der Waals surface area (Å²) in [5.74, 6) is 0. The smallest absolute Gasteiger partial charge is 0.0821 e. The van der Waals surface area contributed by atoms with Crippen molar-refractivity contribution >= 4 is 45.2 Å². The first-order valence-corrected chi connectivity index (χ1v) is 7.29. The Morgan fingerprint density at radius 1 is 1.60 bits per heavy atom. The fourth-order valence-electron chi connectivity index (χ4n) is 1.37. The molecule has 1 aromatic heterocycles. The molecule has 1 N–H and O–H groups in total. The average molecular weight is 429 g/mol. The predicted octanol–water partition coefficient (Wildman–Crippen LogP) is 3.62. The summed E-state index contributed by atoms with van der Waals surface area (Å²) in [5.41, 5.74) is 1.97. The third-order valence-electron chi connectivity index (χ3n) is 2.12. The largest absolute Gasteiger partial charge is 0.388 e. The van der Waals surface area contributed by atoms with E-state index in [0.717, 1.165) is 32.1 Å². The van der Waals surface area contributed by atoms with Gasteiger partial charge in [0.2, 0.25) is 0 Å². The van der Waals surface area contributed by atoms with Gasteiger partial charge in [-0.25, -0.2) is 0 Å². The molecule has 1 aromatic rings. The van der Waals surface area contributed by atoms with Crippen LogP contribution in [0.3, 0.4) is 0 Å². The maximum atomic E-state index is 10.0. The van der Waals surface area contributed by atoms with Gasteiger partial charge >= 0.3 is 0 Å². The first-order valence-electron chi connectivity index (χ1n) is 4.69. The van der Waals surface area contributed by atoms with Crippen LogP contribution in [0.1, 0.15) is 30.2 Å². The molecule has 1 rings (SSSR count). The zero-order chi connectivity index (χ0) is 11.3. The van der Waals surface area contributed by atoms with Crippen molar-refractivity contribution < 1.29 is 5.11 Å². The molecule has 0 aliphatic rings. The molecule has 2 nitrogen and oxygen atoms in total. The molecule has 0 aliphatic heterocycles. The Morgan fingerprint density at radius 2 is 2.33 bits per heavy atom. The van der Waals surface area contributed by atoms with Crippen molar-refractivity contribution in [3.8, 4) is 0 Å². The zero-order valence-corrected chi connectivity index (χ0v) is 12.6. The first kappa shape index (κ1) is 13.4. The molecule has 0 saturated carbocycles. The lowest BCUT2D eigenvalue weighted by Gasteiger charge is -2.14. The molecule has 0 amide bonds. The lowest BCUT2D eigenvalue weighted by Crippen LogP contribution is -2.05. The van der Waals surface area contributed by atoms with Crippen LogP contribution in [0.5, 0.6) is 0 Å². The number of pyridine rings is 1. The number of hydrogen-bond donors (Lipinski definition) is 1. The summed E-state index contributed by atoms with van der Waals surface area (Å²) in [6.45, 7) is 3.66. The highest BCUT2D eigenvalue weighted by atomic mass is 127. The molecular weight excluding hydrogens is 416 g/mol. The van der Waals surface area contributed by atoms with Gasteiger partial charge in [0.1, 0.15) is 0 Å². The lowest BCUT2D eigenvalue weighted by atomic mass is 10.0. The van der Waals surface area contributed by atoms with Crippen molar-refractivity contribution in [3.63, 3.8) is 0 Å². The van der Waals surface area contributed by atoms with Gasteiger partial charge in [0, 0.05) is 19.8 Å². The Morgan fingerprint density at radius 3 is 2.93 bits per heavy atom. The molecule has 0 radical (unpaired) electrons. The van der Waals surface area contributed by atoms with Crippen molar-refractivity contribution in [3.05, 3.63) is 39.7 Å². The second-order valence-corrected chi connectivity index (χ2v) is 5.09. The highest BCUT2D eigenvalue weighted by Gasteiger charge is 2.15. The molecule has 4 heteroatoms. The van der Waals surface area contributed by atoms with Crippen molar-refractivity contribution in [1.82, 2.24) is 4.98 Å². The number of alkyl halides is 1. The maximum Gasteiger partial charge on any atom is 0.0821 e. The number of aliphatic hydroxyl groups excluding tert-OH is 1. The SMILES string of the molecule is C=CCCC(O)c1c(I)ccnc1CI. The third kappa shape index (κ3) is 3.67. The third-order valence-corrected chi connectivity index (χ3v) is 3.79. The molecule has 1 heterocycles. The van der Waals surface area contributed by atoms with Gasteiger partial charge in [-0.05, 0) is 41.5 Å². The number of rotatable bonds is 5. The summed E-state index contributed by atoms with van der Waals surface area (Å²) in [4.78, 5) is 4.29. The quantitative estimate of drug-likeness (QED) is 0.441. The Labute approximate surface area is 117 Å². The molecule has 82 valence electrons. The number of aromatic nitrogens is 1. The van der Waals surface area contributed by atoms with Crippen LogP contribution in [0.2, 0.25) is 0 Å². The predicted molar refractivity (Wildman–Crippen MR) is 79.1 cm³/mol. The van der Waals surface area contributed by atoms with Crippen LogP contribution in [0.4, 0.5) is 0 Å². The second-order valence-electron chi connectivity index (χ2n) is 3.17. The maximum absolute atomic E-state index is 10.0. The van der Waals surface area contributed by atoms with Gasteiger partial charge in [-0.3, -0.25) is 4.98 Å². The van der Waals surface area contributed by atoms with E-state index in [9.17, 15) is 5.11 Å². The summed E-state index contributed by atoms with van der Waals surface area (Å²) in [5, 5.41) is 10.0. The Balaban J connectivity index is 2.94. The van der Waals surface area contributed by atoms with E-state index in [0.29, 0.717) is 0 Å². The normalized spacial score (nSPS) is 12.5. The molecule has 0 spiro atoms. The van der Waals surface area contributed by atoms with Gasteiger partial charge in [-0.1, -0.05) is 28.7 Å². The van der Waals surface area contributed by atoms with Gasteiger partial charge < -0.3 is 5.11 Å². The minimum atomic E-state index is -0.423. The first-order chi connectivity index (χ1) is 7.20. The van der Waals surface area contributed by atoms with E-state index in [2.05, 4.69) is 56.7 Å². The molecular formula is C11H13I2NO. The molecule has 0 aliphatic carbocycles. The van der Waals surface area contributed by atoms with Crippen LogP contribution in [0.15, 0.2) is 24.9 Å². The van der Waals surface area contributed by atoms with E-state index >= 15 is 0 Å². The molecule has 1 atom stereocenters. The number of nitrogens with zero attached hydrogens (tertiary/aromatic N) is 1. The molecule has 0 fully saturated rings. The average Bonchev–Trinajstić information content (AvgIpc) is 2.25. The van der Waals surface area contributed by atoms with E-state index in [1.165, 1.54) is 0 Å². The zero-order valence-electron chi connectivity index (χ0n) is 8.29. The summed E-state index contributed by atoms with van der Waals surface area (Å²) in [6, 6.07) is 1.93. The van der Waals surface area contributed by atoms with Crippen molar-refractivity contribution in [2.24, 2.45) is 0 Å². The minimum absolute atomic E-state index is 0.423. The van der Waals surface area contributed by atoms with Gasteiger partial charge in [-0.2, -0.15) is 0 Å². The molecule has 1 unspecified atom stereocenters. The summed E-state index contributed by atoms with van der Waals surface area (Å²) in [6.07, 6.45) is 4.74. The Bertz CT molecular complexity index is 341. The highest BCUT2D eigenvalue weighted by molar-refractivity contribution is 14.1. The molecule has 0 saturated heterocycles. The topological polar surface area (TPSA) is 33.1 Å². The van der Waals surface area contributed by atoms with Gasteiger partial charge in [0.25, 0.3) is 0 Å². The van der Waals surface area contributed by atoms with Crippen LogP contribution in [0, 0.1) is 3.57 Å². The Hall–Kier alpha value is 0.310. The summed E-state index contributed by atoms with van der Waals surface area (Å²) in [7, 11) is 0. The summed E-state index contributed by atoms with van der Waals surface area (Å²) >= 11 is 4.52. The van der Waals surface area contributed by atoms with Crippen LogP contribution in [-0.4, -0.2) is 10.1 Å². The monoisotopic (exact) mass is 429 g/mol. The van der Waals surface area contributed by atoms with Crippen LogP contribution >= 0.6 is 45.2 Å². The fourth-order valence-corrected chi connectivity index (χ4v) is 2.81. The Kier molecular flexibility index (Phi) is 6.06. The number of halogens is 2. The van der Waals surface area contributed by atoms with Gasteiger partial charge in [-0.15, -0.1) is 6.58 Å². The number of hydrogen-bond acceptors (Lipinski definition) is 2. The van der Waals surface area contributed by atoms with E-state index < -0.39 is 6.10 Å². The van der Waals surface area contributed by atoms with Crippen LogP contribution < -0.4 is 0 Å². The van der Waals surface area contributed by atoms with Gasteiger partial charge in [0.15, 0.2) is 0 Å². The number of aliphatic hydroxyl groups is 1. The highest BCUT2D eigenvalue weighted by Crippen LogP contribution is 2.27. The van der Waals surface area contributed by atoms with E-state index in [1.807, 2.05) is 12.1 Å².